The molecule has 2 atom stereocenters. The molecule has 0 aliphatic carbocycles. The van der Waals surface area contributed by atoms with Gasteiger partial charge in [-0.05, 0) is 36.0 Å². The first kappa shape index (κ1) is 24.7. The lowest BCUT2D eigenvalue weighted by Gasteiger charge is -2.35. The molecule has 5 heteroatoms. The maximum atomic E-state index is 14.2. The van der Waals surface area contributed by atoms with Gasteiger partial charge >= 0.3 is 5.97 Å². The summed E-state index contributed by atoms with van der Waals surface area (Å²) in [5, 5.41) is 0. The zero-order chi connectivity index (χ0) is 24.5. The van der Waals surface area contributed by atoms with Crippen molar-refractivity contribution in [3.8, 4) is 0 Å². The highest BCUT2D eigenvalue weighted by Crippen LogP contribution is 2.31. The molecule has 3 aromatic carbocycles. The number of hydrogen-bond acceptors (Lipinski definition) is 4. The number of esters is 1. The number of likely N-dealkylation sites (tertiary alicyclic amines) is 1. The van der Waals surface area contributed by atoms with Crippen LogP contribution in [0.5, 0.6) is 0 Å². The Bertz CT molecular complexity index is 1030. The normalized spacial score (nSPS) is 16.3. The number of benzene rings is 3. The van der Waals surface area contributed by atoms with E-state index in [1.165, 1.54) is 0 Å². The van der Waals surface area contributed by atoms with E-state index in [0.717, 1.165) is 29.5 Å². The number of hydrogen-bond donors (Lipinski definition) is 0. The first-order chi connectivity index (χ1) is 17.2. The molecule has 0 radical (unpaired) electrons. The molecular formula is C30H34N2O3. The molecule has 1 fully saturated rings. The Morgan fingerprint density at radius 1 is 0.886 bits per heavy atom. The van der Waals surface area contributed by atoms with Gasteiger partial charge in [-0.2, -0.15) is 0 Å². The zero-order valence-corrected chi connectivity index (χ0v) is 20.4. The highest BCUT2D eigenvalue weighted by Gasteiger charge is 2.40. The molecule has 1 heterocycles. The SMILES string of the molecule is CCCOC(=O)[C@@H]1CCCN1C(=O)[C@@H](c1ccccc1)N(Cc1ccccc1)Cc1ccccc1. The van der Waals surface area contributed by atoms with E-state index in [4.69, 9.17) is 4.74 Å². The molecule has 0 bridgehead atoms. The predicted octanol–water partition coefficient (Wildman–Crippen LogP) is 5.37. The topological polar surface area (TPSA) is 49.9 Å². The van der Waals surface area contributed by atoms with Crippen LogP contribution in [0.3, 0.4) is 0 Å². The van der Waals surface area contributed by atoms with Crippen LogP contribution in [-0.2, 0) is 27.4 Å². The van der Waals surface area contributed by atoms with Gasteiger partial charge < -0.3 is 9.64 Å². The van der Waals surface area contributed by atoms with Crippen LogP contribution in [0.2, 0.25) is 0 Å². The van der Waals surface area contributed by atoms with E-state index in [0.29, 0.717) is 32.7 Å². The first-order valence-electron chi connectivity index (χ1n) is 12.5. The number of rotatable bonds is 10. The molecule has 4 rings (SSSR count). The molecule has 0 N–H and O–H groups in total. The standard InChI is InChI=1S/C30H34N2O3/c1-2-21-35-30(34)27-19-12-20-32(27)29(33)28(26-17-10-5-11-18-26)31(22-24-13-6-3-7-14-24)23-25-15-8-4-9-16-25/h3-11,13-18,27-28H,2,12,19-23H2,1H3/t27-,28+/m0/s1. The second-order valence-electron chi connectivity index (χ2n) is 9.05. The lowest BCUT2D eigenvalue weighted by molar-refractivity contribution is -0.155. The third-order valence-corrected chi connectivity index (χ3v) is 6.43. The van der Waals surface area contributed by atoms with Gasteiger partial charge in [-0.25, -0.2) is 4.79 Å². The first-order valence-corrected chi connectivity index (χ1v) is 12.5. The Hall–Kier alpha value is -3.44. The van der Waals surface area contributed by atoms with Crippen molar-refractivity contribution < 1.29 is 14.3 Å². The summed E-state index contributed by atoms with van der Waals surface area (Å²) in [4.78, 5) is 31.0. The minimum absolute atomic E-state index is 0.0426. The summed E-state index contributed by atoms with van der Waals surface area (Å²) in [5.41, 5.74) is 3.20. The van der Waals surface area contributed by atoms with E-state index < -0.39 is 12.1 Å². The van der Waals surface area contributed by atoms with Gasteiger partial charge in [0.05, 0.1) is 6.61 Å². The van der Waals surface area contributed by atoms with Crippen molar-refractivity contribution in [1.29, 1.82) is 0 Å². The second-order valence-corrected chi connectivity index (χ2v) is 9.05. The molecular weight excluding hydrogens is 436 g/mol. The maximum Gasteiger partial charge on any atom is 0.328 e. The molecule has 0 saturated carbocycles. The summed E-state index contributed by atoms with van der Waals surface area (Å²) < 4.78 is 5.45. The molecule has 0 spiro atoms. The van der Waals surface area contributed by atoms with Crippen LogP contribution in [0.1, 0.15) is 48.9 Å². The Balaban J connectivity index is 1.69. The van der Waals surface area contributed by atoms with Gasteiger partial charge in [-0.15, -0.1) is 0 Å². The molecule has 1 aliphatic rings. The van der Waals surface area contributed by atoms with Crippen molar-refractivity contribution in [2.24, 2.45) is 0 Å². The summed E-state index contributed by atoms with van der Waals surface area (Å²) in [7, 11) is 0. The van der Waals surface area contributed by atoms with Gasteiger partial charge in [-0.1, -0.05) is 97.9 Å². The highest BCUT2D eigenvalue weighted by molar-refractivity contribution is 5.89. The fourth-order valence-electron chi connectivity index (χ4n) is 4.75. The Morgan fingerprint density at radius 3 is 1.97 bits per heavy atom. The lowest BCUT2D eigenvalue weighted by Crippen LogP contribution is -2.47. The summed E-state index contributed by atoms with van der Waals surface area (Å²) in [5.74, 6) is -0.332. The zero-order valence-electron chi connectivity index (χ0n) is 20.4. The van der Waals surface area contributed by atoms with Gasteiger partial charge in [-0.3, -0.25) is 9.69 Å². The van der Waals surface area contributed by atoms with E-state index in [1.807, 2.05) is 73.7 Å². The minimum Gasteiger partial charge on any atom is -0.464 e. The summed E-state index contributed by atoms with van der Waals surface area (Å²) in [6, 6.07) is 29.3. The Kier molecular flexibility index (Phi) is 8.68. The van der Waals surface area contributed by atoms with Crippen molar-refractivity contribution in [3.05, 3.63) is 108 Å². The van der Waals surface area contributed by atoms with Crippen LogP contribution in [0.25, 0.3) is 0 Å². The summed E-state index contributed by atoms with van der Waals surface area (Å²) >= 11 is 0. The third kappa shape index (κ3) is 6.37. The van der Waals surface area contributed by atoms with Gasteiger partial charge in [0.25, 0.3) is 0 Å². The van der Waals surface area contributed by atoms with Crippen molar-refractivity contribution >= 4 is 11.9 Å². The molecule has 1 saturated heterocycles. The van der Waals surface area contributed by atoms with Crippen molar-refractivity contribution in [2.45, 2.75) is 51.4 Å². The number of carbonyl (C=O) groups is 2. The minimum atomic E-state index is -0.518. The molecule has 1 aliphatic heterocycles. The van der Waals surface area contributed by atoms with Gasteiger partial charge in [0.2, 0.25) is 5.91 Å². The molecule has 35 heavy (non-hydrogen) atoms. The quantitative estimate of drug-likeness (QED) is 0.374. The largest absolute Gasteiger partial charge is 0.464 e. The smallest absolute Gasteiger partial charge is 0.328 e. The van der Waals surface area contributed by atoms with Crippen LogP contribution < -0.4 is 0 Å². The van der Waals surface area contributed by atoms with Crippen LogP contribution in [0.4, 0.5) is 0 Å². The van der Waals surface area contributed by atoms with E-state index in [9.17, 15) is 9.59 Å². The number of amides is 1. The number of nitrogens with zero attached hydrogens (tertiary/aromatic N) is 2. The van der Waals surface area contributed by atoms with Gasteiger partial charge in [0.15, 0.2) is 0 Å². The molecule has 0 unspecified atom stereocenters. The van der Waals surface area contributed by atoms with Crippen LogP contribution >= 0.6 is 0 Å². The van der Waals surface area contributed by atoms with E-state index >= 15 is 0 Å². The van der Waals surface area contributed by atoms with E-state index in [1.54, 1.807) is 4.90 Å². The van der Waals surface area contributed by atoms with Gasteiger partial charge in [0.1, 0.15) is 12.1 Å². The average Bonchev–Trinajstić information content (AvgIpc) is 3.39. The molecule has 182 valence electrons. The van der Waals surface area contributed by atoms with Crippen molar-refractivity contribution in [2.75, 3.05) is 13.2 Å². The third-order valence-electron chi connectivity index (χ3n) is 6.43. The number of carbonyl (C=O) groups excluding carboxylic acids is 2. The van der Waals surface area contributed by atoms with Crippen LogP contribution in [-0.4, -0.2) is 40.9 Å². The molecule has 5 nitrogen and oxygen atoms in total. The van der Waals surface area contributed by atoms with E-state index in [2.05, 4.69) is 29.2 Å². The fraction of sp³-hybridized carbons (Fsp3) is 0.333. The number of ether oxygens (including phenoxy) is 1. The Morgan fingerprint density at radius 2 is 1.43 bits per heavy atom. The molecule has 1 amide bonds. The van der Waals surface area contributed by atoms with Crippen molar-refractivity contribution in [1.82, 2.24) is 9.80 Å². The van der Waals surface area contributed by atoms with Crippen LogP contribution in [0, 0.1) is 0 Å². The molecule has 3 aromatic rings. The lowest BCUT2D eigenvalue weighted by atomic mass is 10.0. The van der Waals surface area contributed by atoms with Gasteiger partial charge in [0, 0.05) is 19.6 Å². The monoisotopic (exact) mass is 470 g/mol. The maximum absolute atomic E-state index is 14.2. The Labute approximate surface area is 208 Å². The summed E-state index contributed by atoms with van der Waals surface area (Å²) in [6.07, 6.45) is 2.21. The van der Waals surface area contributed by atoms with Crippen molar-refractivity contribution in [3.63, 3.8) is 0 Å². The summed E-state index contributed by atoms with van der Waals surface area (Å²) in [6.45, 7) is 4.15. The predicted molar refractivity (Wildman–Crippen MR) is 137 cm³/mol. The fourth-order valence-corrected chi connectivity index (χ4v) is 4.75. The second kappa shape index (κ2) is 12.3. The van der Waals surface area contributed by atoms with E-state index in [-0.39, 0.29) is 11.9 Å². The molecule has 0 aromatic heterocycles. The average molecular weight is 471 g/mol. The highest BCUT2D eigenvalue weighted by atomic mass is 16.5. The van der Waals surface area contributed by atoms with Crippen LogP contribution in [0.15, 0.2) is 91.0 Å².